The summed E-state index contributed by atoms with van der Waals surface area (Å²) in [6, 6.07) is 30.1. The zero-order chi connectivity index (χ0) is 34.2. The van der Waals surface area contributed by atoms with E-state index >= 15 is 0 Å². The number of aromatic nitrogens is 2. The molecule has 5 aromatic rings. The second-order valence-corrected chi connectivity index (χ2v) is 14.2. The minimum absolute atomic E-state index is 0.155. The number of anilines is 2. The molecule has 1 fully saturated rings. The molecule has 0 spiro atoms. The number of nitro groups is 1. The highest BCUT2D eigenvalue weighted by atomic mass is 32.2. The van der Waals surface area contributed by atoms with Gasteiger partial charge in [0.2, 0.25) is 0 Å². The zero-order valence-corrected chi connectivity index (χ0v) is 28.1. The molecule has 4 aromatic carbocycles. The highest BCUT2D eigenvalue weighted by Crippen LogP contribution is 2.28. The van der Waals surface area contributed by atoms with Gasteiger partial charge in [0.25, 0.3) is 21.6 Å². The Morgan fingerprint density at radius 3 is 2.27 bits per heavy atom. The number of benzene rings is 4. The largest absolute Gasteiger partial charge is 0.379 e. The third-order valence-corrected chi connectivity index (χ3v) is 10.5. The van der Waals surface area contributed by atoms with Crippen LogP contribution in [-0.2, 0) is 16.6 Å². The summed E-state index contributed by atoms with van der Waals surface area (Å²) in [4.78, 5) is 33.9. The number of nitrogens with one attached hydrogen (secondary N) is 2. The first-order valence-corrected chi connectivity index (χ1v) is 18.2. The highest BCUT2D eigenvalue weighted by molar-refractivity contribution is 7.99. The molecular formula is C35H35N7O5S2. The summed E-state index contributed by atoms with van der Waals surface area (Å²) in [7, 11) is -4.38. The second-order valence-electron chi connectivity index (χ2n) is 11.3. The summed E-state index contributed by atoms with van der Waals surface area (Å²) < 4.78 is 30.3. The summed E-state index contributed by atoms with van der Waals surface area (Å²) in [6.45, 7) is 4.36. The lowest BCUT2D eigenvalue weighted by Crippen LogP contribution is -2.46. The predicted octanol–water partition coefficient (Wildman–Crippen LogP) is 5.43. The Kier molecular flexibility index (Phi) is 10.6. The SMILES string of the molecule is O=C(NS(=O)(=O)c1ccc(NCCSc2ccccc2)c([N+](=O)[O-])c1)c1ccc(N2CCN(Cc3nccn3-c3ccccc3)CC2)cc1. The maximum absolute atomic E-state index is 13.1. The number of para-hydroxylation sites is 1. The van der Waals surface area contributed by atoms with E-state index in [2.05, 4.69) is 36.8 Å². The molecule has 0 saturated carbocycles. The summed E-state index contributed by atoms with van der Waals surface area (Å²) in [6.07, 6.45) is 3.78. The average molecular weight is 698 g/mol. The molecule has 0 unspecified atom stereocenters. The van der Waals surface area contributed by atoms with E-state index in [4.69, 9.17) is 0 Å². The van der Waals surface area contributed by atoms with Crippen LogP contribution in [0.4, 0.5) is 17.1 Å². The maximum atomic E-state index is 13.1. The van der Waals surface area contributed by atoms with E-state index in [0.717, 1.165) is 60.9 Å². The Hall–Kier alpha value is -5.18. The third kappa shape index (κ3) is 8.46. The Bertz CT molecular complexity index is 2000. The Balaban J connectivity index is 1.02. The first-order valence-electron chi connectivity index (χ1n) is 15.7. The number of nitro benzene ring substituents is 1. The number of nitrogens with zero attached hydrogens (tertiary/aromatic N) is 5. The number of rotatable bonds is 13. The van der Waals surface area contributed by atoms with Crippen LogP contribution in [-0.4, -0.2) is 72.2 Å². The van der Waals surface area contributed by atoms with Gasteiger partial charge < -0.3 is 14.8 Å². The summed E-state index contributed by atoms with van der Waals surface area (Å²) in [5, 5.41) is 14.8. The van der Waals surface area contributed by atoms with E-state index in [1.54, 1.807) is 36.0 Å². The summed E-state index contributed by atoms with van der Waals surface area (Å²) >= 11 is 1.59. The van der Waals surface area contributed by atoms with Crippen molar-refractivity contribution in [2.24, 2.45) is 0 Å². The molecule has 2 heterocycles. The molecule has 1 aromatic heterocycles. The number of thioether (sulfide) groups is 1. The molecule has 252 valence electrons. The molecule has 1 aliphatic rings. The molecule has 14 heteroatoms. The lowest BCUT2D eigenvalue weighted by atomic mass is 10.1. The fourth-order valence-corrected chi connectivity index (χ4v) is 7.34. The molecule has 0 bridgehead atoms. The minimum Gasteiger partial charge on any atom is -0.379 e. The molecule has 6 rings (SSSR count). The van der Waals surface area contributed by atoms with Gasteiger partial charge in [-0.1, -0.05) is 36.4 Å². The molecule has 2 N–H and O–H groups in total. The van der Waals surface area contributed by atoms with Crippen molar-refractivity contribution in [2.75, 3.05) is 48.7 Å². The van der Waals surface area contributed by atoms with Crippen molar-refractivity contribution in [1.82, 2.24) is 19.2 Å². The van der Waals surface area contributed by atoms with Gasteiger partial charge in [-0.2, -0.15) is 0 Å². The third-order valence-electron chi connectivity index (χ3n) is 8.12. The molecule has 1 amide bonds. The lowest BCUT2D eigenvalue weighted by Gasteiger charge is -2.36. The Morgan fingerprint density at radius 2 is 1.57 bits per heavy atom. The van der Waals surface area contributed by atoms with E-state index in [-0.39, 0.29) is 16.1 Å². The van der Waals surface area contributed by atoms with Crippen molar-refractivity contribution in [1.29, 1.82) is 0 Å². The number of piperazine rings is 1. The smallest absolute Gasteiger partial charge is 0.293 e. The number of hydrogen-bond donors (Lipinski definition) is 2. The summed E-state index contributed by atoms with van der Waals surface area (Å²) in [5.74, 6) is 0.794. The quantitative estimate of drug-likeness (QED) is 0.0708. The lowest BCUT2D eigenvalue weighted by molar-refractivity contribution is -0.384. The fraction of sp³-hybridized carbons (Fsp3) is 0.200. The first kappa shape index (κ1) is 33.7. The number of amides is 1. The van der Waals surface area contributed by atoms with Crippen LogP contribution in [0.25, 0.3) is 5.69 Å². The Morgan fingerprint density at radius 1 is 0.878 bits per heavy atom. The normalized spacial score (nSPS) is 13.6. The van der Waals surface area contributed by atoms with Gasteiger partial charge in [0.15, 0.2) is 0 Å². The van der Waals surface area contributed by atoms with Gasteiger partial charge in [0.1, 0.15) is 11.5 Å². The van der Waals surface area contributed by atoms with Gasteiger partial charge in [-0.3, -0.25) is 19.8 Å². The van der Waals surface area contributed by atoms with E-state index in [1.807, 2.05) is 65.6 Å². The van der Waals surface area contributed by atoms with Crippen LogP contribution < -0.4 is 14.9 Å². The molecule has 0 aliphatic carbocycles. The number of carbonyl (C=O) groups is 1. The molecule has 49 heavy (non-hydrogen) atoms. The van der Waals surface area contributed by atoms with E-state index < -0.39 is 26.5 Å². The van der Waals surface area contributed by atoms with Gasteiger partial charge in [0.05, 0.1) is 16.4 Å². The van der Waals surface area contributed by atoms with E-state index in [1.165, 1.54) is 12.1 Å². The number of sulfonamides is 1. The minimum atomic E-state index is -4.38. The number of carbonyl (C=O) groups excluding carboxylic acids is 1. The van der Waals surface area contributed by atoms with Crippen LogP contribution in [0.3, 0.4) is 0 Å². The van der Waals surface area contributed by atoms with Gasteiger partial charge in [-0.15, -0.1) is 11.8 Å². The average Bonchev–Trinajstić information content (AvgIpc) is 3.59. The molecule has 12 nitrogen and oxygen atoms in total. The van der Waals surface area contributed by atoms with Crippen LogP contribution in [0.5, 0.6) is 0 Å². The monoisotopic (exact) mass is 697 g/mol. The van der Waals surface area contributed by atoms with Crippen LogP contribution in [0.1, 0.15) is 16.2 Å². The number of imidazole rings is 1. The molecular weight excluding hydrogens is 663 g/mol. The standard InChI is InChI=1S/C35H35N7O5S2/c43-35(38-49(46,47)31-15-16-32(33(25-31)42(44)45)36-18-24-48-30-9-5-2-6-10-30)27-11-13-28(14-12-27)40-22-20-39(21-23-40)26-34-37-17-19-41(34)29-7-3-1-4-8-29/h1-17,19,25,36H,18,20-24,26H2,(H,38,43). The Labute approximate surface area is 289 Å². The van der Waals surface area contributed by atoms with Crippen molar-refractivity contribution in [3.63, 3.8) is 0 Å². The highest BCUT2D eigenvalue weighted by Gasteiger charge is 2.24. The molecule has 0 radical (unpaired) electrons. The van der Waals surface area contributed by atoms with E-state index in [9.17, 15) is 23.3 Å². The van der Waals surface area contributed by atoms with Crippen molar-refractivity contribution in [3.8, 4) is 5.69 Å². The molecule has 1 aliphatic heterocycles. The second kappa shape index (κ2) is 15.4. The van der Waals surface area contributed by atoms with Crippen molar-refractivity contribution >= 4 is 44.8 Å². The zero-order valence-electron chi connectivity index (χ0n) is 26.5. The first-order chi connectivity index (χ1) is 23.8. The predicted molar refractivity (Wildman–Crippen MR) is 191 cm³/mol. The van der Waals surface area contributed by atoms with Crippen LogP contribution in [0.15, 0.2) is 125 Å². The van der Waals surface area contributed by atoms with Crippen LogP contribution in [0.2, 0.25) is 0 Å². The molecule has 0 atom stereocenters. The van der Waals surface area contributed by atoms with Crippen LogP contribution >= 0.6 is 11.8 Å². The summed E-state index contributed by atoms with van der Waals surface area (Å²) in [5.41, 5.74) is 1.94. The maximum Gasteiger partial charge on any atom is 0.293 e. The molecule has 1 saturated heterocycles. The van der Waals surface area contributed by atoms with Crippen molar-refractivity contribution < 1.29 is 18.1 Å². The van der Waals surface area contributed by atoms with Crippen molar-refractivity contribution in [2.45, 2.75) is 16.3 Å². The van der Waals surface area contributed by atoms with Gasteiger partial charge in [-0.05, 0) is 60.7 Å². The van der Waals surface area contributed by atoms with Crippen LogP contribution in [0, 0.1) is 10.1 Å². The van der Waals surface area contributed by atoms with Gasteiger partial charge in [0, 0.05) is 78.8 Å². The fourth-order valence-electron chi connectivity index (χ4n) is 5.55. The number of hydrogen-bond acceptors (Lipinski definition) is 10. The van der Waals surface area contributed by atoms with Gasteiger partial charge >= 0.3 is 0 Å². The van der Waals surface area contributed by atoms with E-state index in [0.29, 0.717) is 12.3 Å². The van der Waals surface area contributed by atoms with Gasteiger partial charge in [-0.25, -0.2) is 18.1 Å². The van der Waals surface area contributed by atoms with Crippen molar-refractivity contribution in [3.05, 3.63) is 137 Å². The topological polar surface area (TPSA) is 143 Å².